The number of aryl methyl sites for hydroxylation is 2. The van der Waals surface area contributed by atoms with E-state index in [1.807, 2.05) is 30.0 Å². The van der Waals surface area contributed by atoms with Gasteiger partial charge in [-0.3, -0.25) is 9.78 Å². The average Bonchev–Trinajstić information content (AvgIpc) is 3.49. The topological polar surface area (TPSA) is 33.2 Å². The molecular formula is C23H23FN2O. The number of amides is 1. The van der Waals surface area contributed by atoms with E-state index in [2.05, 4.69) is 13.0 Å². The number of pyridine rings is 1. The second-order valence-corrected chi connectivity index (χ2v) is 7.37. The summed E-state index contributed by atoms with van der Waals surface area (Å²) in [4.78, 5) is 19.8. The summed E-state index contributed by atoms with van der Waals surface area (Å²) in [6.07, 6.45) is 2.44. The summed E-state index contributed by atoms with van der Waals surface area (Å²) in [5, 5.41) is 1.10. The number of carbonyl (C=O) groups excluding carboxylic acids is 1. The molecule has 0 spiro atoms. The molecule has 1 aliphatic rings. The highest BCUT2D eigenvalue weighted by Crippen LogP contribution is 2.30. The molecule has 0 unspecified atom stereocenters. The van der Waals surface area contributed by atoms with Crippen molar-refractivity contribution < 1.29 is 9.18 Å². The lowest BCUT2D eigenvalue weighted by molar-refractivity contribution is -0.131. The van der Waals surface area contributed by atoms with Gasteiger partial charge in [-0.15, -0.1) is 0 Å². The molecule has 1 aromatic heterocycles. The van der Waals surface area contributed by atoms with Gasteiger partial charge in [-0.25, -0.2) is 4.39 Å². The predicted molar refractivity (Wildman–Crippen MR) is 105 cm³/mol. The first-order valence-corrected chi connectivity index (χ1v) is 9.41. The Bertz CT molecular complexity index is 993. The quantitative estimate of drug-likeness (QED) is 0.658. The number of aromatic nitrogens is 1. The van der Waals surface area contributed by atoms with E-state index in [1.165, 1.54) is 12.1 Å². The van der Waals surface area contributed by atoms with Crippen molar-refractivity contribution in [3.05, 3.63) is 76.7 Å². The van der Waals surface area contributed by atoms with Crippen molar-refractivity contribution in [3.63, 3.8) is 0 Å². The Morgan fingerprint density at radius 1 is 1.11 bits per heavy atom. The zero-order valence-electron chi connectivity index (χ0n) is 15.7. The Kier molecular flexibility index (Phi) is 4.65. The maximum atomic E-state index is 13.2. The van der Waals surface area contributed by atoms with Crippen LogP contribution in [0.3, 0.4) is 0 Å². The Morgan fingerprint density at radius 3 is 2.52 bits per heavy atom. The van der Waals surface area contributed by atoms with E-state index in [-0.39, 0.29) is 11.7 Å². The zero-order valence-corrected chi connectivity index (χ0v) is 15.7. The Morgan fingerprint density at radius 2 is 1.81 bits per heavy atom. The maximum Gasteiger partial charge on any atom is 0.227 e. The minimum Gasteiger partial charge on any atom is -0.335 e. The number of para-hydroxylation sites is 1. The van der Waals surface area contributed by atoms with E-state index in [0.717, 1.165) is 46.1 Å². The zero-order chi connectivity index (χ0) is 19.0. The van der Waals surface area contributed by atoms with Crippen LogP contribution in [0.5, 0.6) is 0 Å². The monoisotopic (exact) mass is 362 g/mol. The van der Waals surface area contributed by atoms with Crippen molar-refractivity contribution in [2.45, 2.75) is 45.7 Å². The van der Waals surface area contributed by atoms with Gasteiger partial charge in [0.15, 0.2) is 0 Å². The molecule has 2 aromatic carbocycles. The summed E-state index contributed by atoms with van der Waals surface area (Å²) in [6.45, 7) is 4.58. The molecule has 0 atom stereocenters. The van der Waals surface area contributed by atoms with E-state index in [0.29, 0.717) is 19.0 Å². The van der Waals surface area contributed by atoms with Crippen LogP contribution in [-0.2, 0) is 17.8 Å². The number of nitrogens with zero attached hydrogens (tertiary/aromatic N) is 2. The molecule has 1 saturated carbocycles. The Hall–Kier alpha value is -2.75. The van der Waals surface area contributed by atoms with Crippen molar-refractivity contribution in [2.24, 2.45) is 0 Å². The van der Waals surface area contributed by atoms with E-state index < -0.39 is 0 Å². The molecular weight excluding hydrogens is 339 g/mol. The van der Waals surface area contributed by atoms with Gasteiger partial charge >= 0.3 is 0 Å². The second-order valence-electron chi connectivity index (χ2n) is 7.37. The van der Waals surface area contributed by atoms with Crippen LogP contribution in [0.1, 0.15) is 35.2 Å². The van der Waals surface area contributed by atoms with Crippen LogP contribution < -0.4 is 0 Å². The molecule has 1 amide bonds. The second kappa shape index (κ2) is 7.10. The van der Waals surface area contributed by atoms with Gasteiger partial charge in [-0.2, -0.15) is 0 Å². The molecule has 27 heavy (non-hydrogen) atoms. The number of benzene rings is 2. The fourth-order valence-corrected chi connectivity index (χ4v) is 3.68. The molecule has 3 aromatic rings. The number of hydrogen-bond donors (Lipinski definition) is 0. The summed E-state index contributed by atoms with van der Waals surface area (Å²) in [7, 11) is 0. The molecule has 0 radical (unpaired) electrons. The third kappa shape index (κ3) is 3.70. The lowest BCUT2D eigenvalue weighted by Crippen LogP contribution is -2.34. The fourth-order valence-electron chi connectivity index (χ4n) is 3.68. The number of carbonyl (C=O) groups is 1. The molecule has 3 nitrogen and oxygen atoms in total. The first kappa shape index (κ1) is 17.7. The first-order chi connectivity index (χ1) is 13.0. The third-order valence-electron chi connectivity index (χ3n) is 5.39. The van der Waals surface area contributed by atoms with E-state index >= 15 is 0 Å². The van der Waals surface area contributed by atoms with Crippen LogP contribution in [0, 0.1) is 19.7 Å². The standard InChI is InChI=1S/C23H23FN2O/c1-15-20-5-3-4-6-22(20)25-16(2)21(15)13-23(27)26(19-11-12-19)14-17-7-9-18(24)10-8-17/h3-10,19H,11-14H2,1-2H3. The molecule has 0 aliphatic heterocycles. The van der Waals surface area contributed by atoms with Gasteiger partial charge in [0.05, 0.1) is 11.9 Å². The minimum atomic E-state index is -0.253. The number of fused-ring (bicyclic) bond motifs is 1. The van der Waals surface area contributed by atoms with Crippen LogP contribution in [0.25, 0.3) is 10.9 Å². The molecule has 1 fully saturated rings. The molecule has 0 bridgehead atoms. The Labute approximate surface area is 158 Å². The largest absolute Gasteiger partial charge is 0.335 e. The first-order valence-electron chi connectivity index (χ1n) is 9.41. The highest BCUT2D eigenvalue weighted by molar-refractivity contribution is 5.86. The van der Waals surface area contributed by atoms with Crippen LogP contribution in [-0.4, -0.2) is 21.8 Å². The summed E-state index contributed by atoms with van der Waals surface area (Å²) < 4.78 is 13.2. The average molecular weight is 362 g/mol. The summed E-state index contributed by atoms with van der Waals surface area (Å²) >= 11 is 0. The number of hydrogen-bond acceptors (Lipinski definition) is 2. The van der Waals surface area contributed by atoms with Crippen molar-refractivity contribution in [2.75, 3.05) is 0 Å². The summed E-state index contributed by atoms with van der Waals surface area (Å²) in [5.74, 6) is -0.137. The fraction of sp³-hybridized carbons (Fsp3) is 0.304. The molecule has 1 heterocycles. The lowest BCUT2D eigenvalue weighted by atomic mass is 9.99. The van der Waals surface area contributed by atoms with Crippen LogP contribution in [0.2, 0.25) is 0 Å². The van der Waals surface area contributed by atoms with E-state index in [4.69, 9.17) is 4.98 Å². The van der Waals surface area contributed by atoms with Gasteiger partial charge in [-0.1, -0.05) is 30.3 Å². The number of rotatable bonds is 5. The van der Waals surface area contributed by atoms with Crippen molar-refractivity contribution in [1.82, 2.24) is 9.88 Å². The number of halogens is 1. The van der Waals surface area contributed by atoms with Crippen LogP contribution >= 0.6 is 0 Å². The summed E-state index contributed by atoms with van der Waals surface area (Å²) in [6, 6.07) is 14.8. The lowest BCUT2D eigenvalue weighted by Gasteiger charge is -2.24. The SMILES string of the molecule is Cc1nc2ccccc2c(C)c1CC(=O)N(Cc1ccc(F)cc1)C1CC1. The van der Waals surface area contributed by atoms with Crippen LogP contribution in [0.4, 0.5) is 4.39 Å². The molecule has 138 valence electrons. The van der Waals surface area contributed by atoms with Crippen molar-refractivity contribution >= 4 is 16.8 Å². The minimum absolute atomic E-state index is 0.116. The van der Waals surface area contributed by atoms with Gasteiger partial charge in [0.2, 0.25) is 5.91 Å². The third-order valence-corrected chi connectivity index (χ3v) is 5.39. The molecule has 4 heteroatoms. The maximum absolute atomic E-state index is 13.2. The highest BCUT2D eigenvalue weighted by atomic mass is 19.1. The molecule has 1 aliphatic carbocycles. The molecule has 0 saturated heterocycles. The van der Waals surface area contributed by atoms with E-state index in [9.17, 15) is 9.18 Å². The van der Waals surface area contributed by atoms with Gasteiger partial charge in [0.1, 0.15) is 5.82 Å². The van der Waals surface area contributed by atoms with Gasteiger partial charge in [0, 0.05) is 23.7 Å². The van der Waals surface area contributed by atoms with Gasteiger partial charge in [0.25, 0.3) is 0 Å². The highest BCUT2D eigenvalue weighted by Gasteiger charge is 2.33. The molecule has 0 N–H and O–H groups in total. The van der Waals surface area contributed by atoms with Crippen molar-refractivity contribution in [3.8, 4) is 0 Å². The van der Waals surface area contributed by atoms with Crippen LogP contribution in [0.15, 0.2) is 48.5 Å². The normalized spacial score (nSPS) is 13.7. The molecule has 4 rings (SSSR count). The van der Waals surface area contributed by atoms with Gasteiger partial charge in [-0.05, 0) is 61.6 Å². The van der Waals surface area contributed by atoms with E-state index in [1.54, 1.807) is 12.1 Å². The van der Waals surface area contributed by atoms with Crippen molar-refractivity contribution in [1.29, 1.82) is 0 Å². The Balaban J connectivity index is 1.60. The van der Waals surface area contributed by atoms with Gasteiger partial charge < -0.3 is 4.90 Å². The smallest absolute Gasteiger partial charge is 0.227 e. The summed E-state index contributed by atoms with van der Waals surface area (Å²) in [5.41, 5.74) is 4.99. The predicted octanol–water partition coefficient (Wildman–Crippen LogP) is 4.72.